The van der Waals surface area contributed by atoms with Crippen molar-refractivity contribution in [3.05, 3.63) is 23.4 Å². The number of aromatic amines is 1. The Morgan fingerprint density at radius 3 is 3.00 bits per heavy atom. The van der Waals surface area contributed by atoms with Crippen LogP contribution in [0.3, 0.4) is 0 Å². The molecule has 3 heterocycles. The van der Waals surface area contributed by atoms with Crippen LogP contribution in [0.15, 0.2) is 16.5 Å². The number of hydrogen-bond acceptors (Lipinski definition) is 4. The van der Waals surface area contributed by atoms with Crippen LogP contribution >= 0.6 is 23.1 Å². The summed E-state index contributed by atoms with van der Waals surface area (Å²) in [4.78, 5) is 13.6. The molecule has 1 aliphatic rings. The number of nitrogens with one attached hydrogen (secondary N) is 2. The largest absolute Gasteiger partial charge is 0.351 e. The average Bonchev–Trinajstić information content (AvgIpc) is 3.13. The summed E-state index contributed by atoms with van der Waals surface area (Å²) in [7, 11) is 0. The Morgan fingerprint density at radius 2 is 2.33 bits per heavy atom. The van der Waals surface area contributed by atoms with E-state index < -0.39 is 0 Å². The maximum Gasteiger partial charge on any atom is 0.253 e. The van der Waals surface area contributed by atoms with Gasteiger partial charge in [-0.25, -0.2) is 0 Å². The lowest BCUT2D eigenvalue weighted by atomic mass is 9.89. The second-order valence-corrected chi connectivity index (χ2v) is 7.53. The number of H-pyrrole nitrogens is 1. The van der Waals surface area contributed by atoms with Crippen molar-refractivity contribution in [2.75, 3.05) is 12.3 Å². The lowest BCUT2D eigenvalue weighted by Gasteiger charge is -2.23. The van der Waals surface area contributed by atoms with E-state index in [-0.39, 0.29) is 5.91 Å². The van der Waals surface area contributed by atoms with E-state index in [9.17, 15) is 4.79 Å². The fourth-order valence-corrected chi connectivity index (χ4v) is 5.22. The molecule has 0 saturated heterocycles. The van der Waals surface area contributed by atoms with Crippen LogP contribution in [0.4, 0.5) is 0 Å². The molecule has 0 spiro atoms. The minimum atomic E-state index is 0.0790. The normalized spacial score (nSPS) is 17.6. The molecule has 112 valence electrons. The number of thiophene rings is 1. The molecule has 0 unspecified atom stereocenters. The minimum absolute atomic E-state index is 0.0790. The molecule has 0 radical (unpaired) electrons. The van der Waals surface area contributed by atoms with Gasteiger partial charge in [0.2, 0.25) is 0 Å². The topological polar surface area (TPSA) is 57.8 Å². The van der Waals surface area contributed by atoms with Gasteiger partial charge in [-0.2, -0.15) is 5.10 Å². The number of thioether (sulfide) groups is 1. The van der Waals surface area contributed by atoms with Crippen molar-refractivity contribution in [2.45, 2.75) is 36.8 Å². The highest BCUT2D eigenvalue weighted by atomic mass is 32.2. The molecule has 4 nitrogen and oxygen atoms in total. The number of amides is 1. The smallest absolute Gasteiger partial charge is 0.253 e. The number of carbonyl (C=O) groups is 1. The third-order valence-corrected chi connectivity index (χ3v) is 6.45. The molecule has 0 fully saturated rings. The third kappa shape index (κ3) is 2.62. The summed E-state index contributed by atoms with van der Waals surface area (Å²) in [6, 6.07) is 1.99. The van der Waals surface area contributed by atoms with Crippen molar-refractivity contribution in [3.63, 3.8) is 0 Å². The molecule has 6 heteroatoms. The highest BCUT2D eigenvalue weighted by Crippen LogP contribution is 2.46. The van der Waals surface area contributed by atoms with Gasteiger partial charge in [-0.15, -0.1) is 23.1 Å². The molecule has 0 aromatic carbocycles. The quantitative estimate of drug-likeness (QED) is 0.822. The third-order valence-electron chi connectivity index (χ3n) is 3.73. The fourth-order valence-electron chi connectivity index (χ4n) is 2.66. The monoisotopic (exact) mass is 321 g/mol. The number of nitrogens with zero attached hydrogens (tertiary/aromatic N) is 1. The number of rotatable bonds is 5. The molecule has 2 N–H and O–H groups in total. The van der Waals surface area contributed by atoms with Crippen LogP contribution in [0.5, 0.6) is 0 Å². The van der Waals surface area contributed by atoms with Crippen LogP contribution < -0.4 is 5.32 Å². The molecule has 2 aromatic rings. The molecule has 1 amide bonds. The number of fused-ring (bicyclic) bond motifs is 1. The van der Waals surface area contributed by atoms with E-state index in [4.69, 9.17) is 0 Å². The molecule has 21 heavy (non-hydrogen) atoms. The van der Waals surface area contributed by atoms with Gasteiger partial charge in [0.25, 0.3) is 5.91 Å². The Bertz CT molecular complexity index is 634. The van der Waals surface area contributed by atoms with E-state index in [1.165, 1.54) is 10.4 Å². The second-order valence-electron chi connectivity index (χ2n) is 5.14. The van der Waals surface area contributed by atoms with Gasteiger partial charge in [0.15, 0.2) is 0 Å². The van der Waals surface area contributed by atoms with Gasteiger partial charge < -0.3 is 5.32 Å². The van der Waals surface area contributed by atoms with Gasteiger partial charge in [0.1, 0.15) is 0 Å². The van der Waals surface area contributed by atoms with Crippen molar-refractivity contribution in [2.24, 2.45) is 0 Å². The zero-order chi connectivity index (χ0) is 14.8. The van der Waals surface area contributed by atoms with Gasteiger partial charge >= 0.3 is 0 Å². The van der Waals surface area contributed by atoms with Gasteiger partial charge in [0, 0.05) is 18.7 Å². The van der Waals surface area contributed by atoms with E-state index in [1.54, 1.807) is 29.3 Å². The lowest BCUT2D eigenvalue weighted by Crippen LogP contribution is -2.34. The maximum atomic E-state index is 12.4. The first-order valence-electron chi connectivity index (χ1n) is 7.33. The second kappa shape index (κ2) is 6.23. The Morgan fingerprint density at radius 1 is 1.48 bits per heavy atom. The number of carbonyl (C=O) groups excluding carboxylic acids is 1. The molecule has 2 aromatic heterocycles. The Hall–Kier alpha value is -1.27. The van der Waals surface area contributed by atoms with Gasteiger partial charge in [-0.05, 0) is 30.2 Å². The van der Waals surface area contributed by atoms with Gasteiger partial charge in [0.05, 0.1) is 20.3 Å². The highest BCUT2D eigenvalue weighted by Gasteiger charge is 2.33. The van der Waals surface area contributed by atoms with Crippen LogP contribution in [0, 0.1) is 0 Å². The summed E-state index contributed by atoms with van der Waals surface area (Å²) in [6.45, 7) is 5.08. The van der Waals surface area contributed by atoms with Crippen molar-refractivity contribution in [3.8, 4) is 10.6 Å². The van der Waals surface area contributed by atoms with Crippen LogP contribution in [-0.4, -0.2) is 28.4 Å². The van der Waals surface area contributed by atoms with E-state index in [1.807, 2.05) is 6.07 Å². The number of aromatic nitrogens is 2. The first kappa shape index (κ1) is 14.7. The fraction of sp³-hybridized carbons (Fsp3) is 0.467. The van der Waals surface area contributed by atoms with Gasteiger partial charge in [-0.1, -0.05) is 13.8 Å². The summed E-state index contributed by atoms with van der Waals surface area (Å²) >= 11 is 3.52. The van der Waals surface area contributed by atoms with E-state index >= 15 is 0 Å². The van der Waals surface area contributed by atoms with Crippen LogP contribution in [-0.2, 0) is 0 Å². The Labute approximate surface area is 132 Å². The zero-order valence-electron chi connectivity index (χ0n) is 12.2. The first-order chi connectivity index (χ1) is 10.3. The molecule has 0 saturated carbocycles. The molecule has 1 atom stereocenters. The Kier molecular flexibility index (Phi) is 4.35. The van der Waals surface area contributed by atoms with E-state index in [0.717, 1.165) is 40.6 Å². The predicted octanol–water partition coefficient (Wildman–Crippen LogP) is 3.88. The van der Waals surface area contributed by atoms with Crippen LogP contribution in [0.2, 0.25) is 0 Å². The molecular formula is C15H19N3OS2. The number of hydrogen-bond donors (Lipinski definition) is 2. The van der Waals surface area contributed by atoms with Crippen molar-refractivity contribution in [1.82, 2.24) is 15.5 Å². The maximum absolute atomic E-state index is 12.4. The molecule has 3 rings (SSSR count). The first-order valence-corrected chi connectivity index (χ1v) is 9.13. The van der Waals surface area contributed by atoms with Crippen molar-refractivity contribution >= 4 is 29.0 Å². The van der Waals surface area contributed by atoms with Crippen molar-refractivity contribution < 1.29 is 4.79 Å². The molecule has 0 bridgehead atoms. The predicted molar refractivity (Wildman–Crippen MR) is 88.3 cm³/mol. The van der Waals surface area contributed by atoms with Crippen LogP contribution in [0.25, 0.3) is 10.6 Å². The van der Waals surface area contributed by atoms with E-state index in [0.29, 0.717) is 5.92 Å². The van der Waals surface area contributed by atoms with Crippen molar-refractivity contribution in [1.29, 1.82) is 0 Å². The summed E-state index contributed by atoms with van der Waals surface area (Å²) in [6.07, 6.45) is 3.91. The summed E-state index contributed by atoms with van der Waals surface area (Å²) in [5, 5.41) is 10.2. The minimum Gasteiger partial charge on any atom is -0.351 e. The summed E-state index contributed by atoms with van der Waals surface area (Å²) in [5.41, 5.74) is 3.14. The SMILES string of the molecule is CCCSc1sc(-c2ccn[nH]2)c2c1C(=O)NC[C@@H]2CC. The van der Waals surface area contributed by atoms with Crippen LogP contribution in [0.1, 0.15) is 48.5 Å². The summed E-state index contributed by atoms with van der Waals surface area (Å²) in [5.74, 6) is 1.51. The molecule has 0 aliphatic carbocycles. The molecule has 1 aliphatic heterocycles. The molecular weight excluding hydrogens is 302 g/mol. The zero-order valence-corrected chi connectivity index (χ0v) is 13.9. The van der Waals surface area contributed by atoms with E-state index in [2.05, 4.69) is 29.4 Å². The van der Waals surface area contributed by atoms with Gasteiger partial charge in [-0.3, -0.25) is 9.89 Å². The Balaban J connectivity index is 2.14. The average molecular weight is 321 g/mol. The standard InChI is InChI=1S/C15H19N3OS2/c1-3-7-20-15-12-11(9(4-2)8-16-14(12)19)13(21-15)10-5-6-17-18-10/h5-6,9H,3-4,7-8H2,1-2H3,(H,16,19)(H,17,18)/t9-/m0/s1. The lowest BCUT2D eigenvalue weighted by molar-refractivity contribution is 0.0937. The summed E-state index contributed by atoms with van der Waals surface area (Å²) < 4.78 is 1.15. The highest BCUT2D eigenvalue weighted by molar-refractivity contribution is 8.01.